The number of amides is 1. The molecule has 1 N–H and O–H groups in total. The Balaban J connectivity index is 1.65. The molecule has 1 aliphatic rings. The second-order valence-corrected chi connectivity index (χ2v) is 6.43. The Hall–Kier alpha value is -3.40. The highest BCUT2D eigenvalue weighted by molar-refractivity contribution is 6.54. The first-order valence-electron chi connectivity index (χ1n) is 8.67. The van der Waals surface area contributed by atoms with Crippen LogP contribution in [0.1, 0.15) is 18.1 Å². The molecule has 126 valence electrons. The summed E-state index contributed by atoms with van der Waals surface area (Å²) in [6, 6.07) is 19.8. The first-order valence-corrected chi connectivity index (χ1v) is 8.67. The van der Waals surface area contributed by atoms with Crippen LogP contribution in [0.3, 0.4) is 0 Å². The first-order chi connectivity index (χ1) is 12.7. The molecule has 4 nitrogen and oxygen atoms in total. The van der Waals surface area contributed by atoms with Gasteiger partial charge in [-0.2, -0.15) is 0 Å². The molecule has 0 saturated carbocycles. The molecule has 0 radical (unpaired) electrons. The van der Waals surface area contributed by atoms with Crippen LogP contribution in [0.25, 0.3) is 21.9 Å². The standard InChI is InChI=1S/C22H16N2O2/c1-2-13-7-10-18-17(11-13)21(22(25)24-18)23-14-8-9-16-15-5-3-4-6-19(15)26-20(16)12-14/h3-12H,2H2,1H3,(H,23,24,25). The molecule has 1 aliphatic heterocycles. The van der Waals surface area contributed by atoms with Crippen LogP contribution in [0.2, 0.25) is 0 Å². The number of hydrogen-bond acceptors (Lipinski definition) is 3. The molecule has 0 atom stereocenters. The van der Waals surface area contributed by atoms with E-state index in [4.69, 9.17) is 4.42 Å². The molecule has 3 aromatic carbocycles. The Kier molecular flexibility index (Phi) is 3.19. The molecule has 2 heterocycles. The fourth-order valence-corrected chi connectivity index (χ4v) is 3.44. The van der Waals surface area contributed by atoms with Crippen molar-refractivity contribution >= 4 is 44.9 Å². The van der Waals surface area contributed by atoms with E-state index in [0.717, 1.165) is 39.6 Å². The van der Waals surface area contributed by atoms with Crippen molar-refractivity contribution in [2.24, 2.45) is 4.99 Å². The third-order valence-corrected chi connectivity index (χ3v) is 4.81. The minimum absolute atomic E-state index is 0.169. The van der Waals surface area contributed by atoms with Crippen molar-refractivity contribution in [3.05, 3.63) is 71.8 Å². The van der Waals surface area contributed by atoms with E-state index in [0.29, 0.717) is 11.4 Å². The number of hydrogen-bond donors (Lipinski definition) is 1. The van der Waals surface area contributed by atoms with E-state index in [1.54, 1.807) is 0 Å². The predicted octanol–water partition coefficient (Wildman–Crippen LogP) is 5.22. The van der Waals surface area contributed by atoms with Gasteiger partial charge in [-0.3, -0.25) is 4.79 Å². The van der Waals surface area contributed by atoms with Gasteiger partial charge in [0.15, 0.2) is 0 Å². The summed E-state index contributed by atoms with van der Waals surface area (Å²) >= 11 is 0. The van der Waals surface area contributed by atoms with Crippen LogP contribution in [-0.2, 0) is 11.2 Å². The number of carbonyl (C=O) groups is 1. The number of furan rings is 1. The van der Waals surface area contributed by atoms with Crippen LogP contribution >= 0.6 is 0 Å². The summed E-state index contributed by atoms with van der Waals surface area (Å²) in [6.07, 6.45) is 0.916. The number of rotatable bonds is 2. The lowest BCUT2D eigenvalue weighted by molar-refractivity contribution is -0.110. The average molecular weight is 340 g/mol. The van der Waals surface area contributed by atoms with Crippen LogP contribution in [0.15, 0.2) is 70.1 Å². The Morgan fingerprint density at radius 3 is 2.69 bits per heavy atom. The van der Waals surface area contributed by atoms with E-state index in [-0.39, 0.29) is 5.91 Å². The molecule has 26 heavy (non-hydrogen) atoms. The van der Waals surface area contributed by atoms with E-state index in [2.05, 4.69) is 17.2 Å². The summed E-state index contributed by atoms with van der Waals surface area (Å²) < 4.78 is 5.92. The highest BCUT2D eigenvalue weighted by atomic mass is 16.3. The number of para-hydroxylation sites is 1. The lowest BCUT2D eigenvalue weighted by Gasteiger charge is -2.01. The maximum Gasteiger partial charge on any atom is 0.275 e. The lowest BCUT2D eigenvalue weighted by Crippen LogP contribution is -2.13. The van der Waals surface area contributed by atoms with Gasteiger partial charge >= 0.3 is 0 Å². The van der Waals surface area contributed by atoms with Gasteiger partial charge in [-0.25, -0.2) is 4.99 Å². The zero-order valence-corrected chi connectivity index (χ0v) is 14.2. The van der Waals surface area contributed by atoms with Gasteiger partial charge in [0.05, 0.1) is 11.4 Å². The number of nitrogens with zero attached hydrogens (tertiary/aromatic N) is 1. The number of fused-ring (bicyclic) bond motifs is 4. The summed E-state index contributed by atoms with van der Waals surface area (Å²) in [5.41, 5.74) is 5.63. The number of carbonyl (C=O) groups excluding carboxylic acids is 1. The van der Waals surface area contributed by atoms with Crippen molar-refractivity contribution in [2.75, 3.05) is 5.32 Å². The number of aliphatic imine (C=N–C) groups is 1. The van der Waals surface area contributed by atoms with Crippen LogP contribution in [0.4, 0.5) is 11.4 Å². The third kappa shape index (κ3) is 2.23. The molecule has 0 fully saturated rings. The van der Waals surface area contributed by atoms with Gasteiger partial charge in [0, 0.05) is 22.4 Å². The number of nitrogens with one attached hydrogen (secondary N) is 1. The second-order valence-electron chi connectivity index (χ2n) is 6.43. The molecule has 1 aromatic heterocycles. The van der Waals surface area contributed by atoms with E-state index < -0.39 is 0 Å². The molecule has 5 rings (SSSR count). The highest BCUT2D eigenvalue weighted by Gasteiger charge is 2.26. The van der Waals surface area contributed by atoms with Gasteiger partial charge in [0.25, 0.3) is 5.91 Å². The van der Waals surface area contributed by atoms with Gasteiger partial charge in [-0.15, -0.1) is 0 Å². The lowest BCUT2D eigenvalue weighted by atomic mass is 10.1. The Labute approximate surface area is 150 Å². The quantitative estimate of drug-likeness (QED) is 0.544. The Bertz CT molecular complexity index is 1220. The third-order valence-electron chi connectivity index (χ3n) is 4.81. The van der Waals surface area contributed by atoms with Crippen molar-refractivity contribution in [1.82, 2.24) is 0 Å². The monoisotopic (exact) mass is 340 g/mol. The summed E-state index contributed by atoms with van der Waals surface area (Å²) in [5.74, 6) is -0.169. The average Bonchev–Trinajstić information content (AvgIpc) is 3.18. The van der Waals surface area contributed by atoms with Crippen molar-refractivity contribution < 1.29 is 9.21 Å². The van der Waals surface area contributed by atoms with Crippen LogP contribution in [0.5, 0.6) is 0 Å². The van der Waals surface area contributed by atoms with Gasteiger partial charge in [0.1, 0.15) is 16.9 Å². The van der Waals surface area contributed by atoms with Gasteiger partial charge in [0.2, 0.25) is 0 Å². The Morgan fingerprint density at radius 2 is 1.81 bits per heavy atom. The van der Waals surface area contributed by atoms with Gasteiger partial charge < -0.3 is 9.73 Å². The molecule has 0 aliphatic carbocycles. The molecular formula is C22H16N2O2. The molecule has 0 spiro atoms. The van der Waals surface area contributed by atoms with Crippen molar-refractivity contribution in [3.8, 4) is 0 Å². The smallest absolute Gasteiger partial charge is 0.275 e. The predicted molar refractivity (Wildman–Crippen MR) is 104 cm³/mol. The maximum absolute atomic E-state index is 12.4. The van der Waals surface area contributed by atoms with Crippen molar-refractivity contribution in [3.63, 3.8) is 0 Å². The van der Waals surface area contributed by atoms with Crippen LogP contribution in [-0.4, -0.2) is 11.6 Å². The molecule has 0 saturated heterocycles. The largest absolute Gasteiger partial charge is 0.456 e. The van der Waals surface area contributed by atoms with E-state index in [1.807, 2.05) is 60.7 Å². The number of anilines is 1. The fourth-order valence-electron chi connectivity index (χ4n) is 3.44. The van der Waals surface area contributed by atoms with Crippen LogP contribution < -0.4 is 5.32 Å². The molecule has 1 amide bonds. The minimum atomic E-state index is -0.169. The number of aryl methyl sites for hydroxylation is 1. The molecule has 0 unspecified atom stereocenters. The molecular weight excluding hydrogens is 324 g/mol. The summed E-state index contributed by atoms with van der Waals surface area (Å²) in [4.78, 5) is 17.0. The van der Waals surface area contributed by atoms with E-state index >= 15 is 0 Å². The number of benzene rings is 3. The normalized spacial score (nSPS) is 15.0. The molecule has 4 aromatic rings. The topological polar surface area (TPSA) is 54.6 Å². The zero-order valence-electron chi connectivity index (χ0n) is 14.2. The minimum Gasteiger partial charge on any atom is -0.456 e. The van der Waals surface area contributed by atoms with Crippen LogP contribution in [0, 0.1) is 0 Å². The SMILES string of the molecule is CCc1ccc2c(c1)C(=Nc1ccc3c(c1)oc1ccccc13)C(=O)N2. The maximum atomic E-state index is 12.4. The summed E-state index contributed by atoms with van der Waals surface area (Å²) in [5, 5.41) is 5.02. The van der Waals surface area contributed by atoms with E-state index in [1.165, 1.54) is 5.56 Å². The summed E-state index contributed by atoms with van der Waals surface area (Å²) in [7, 11) is 0. The fraction of sp³-hybridized carbons (Fsp3) is 0.0909. The van der Waals surface area contributed by atoms with Gasteiger partial charge in [-0.05, 0) is 42.3 Å². The van der Waals surface area contributed by atoms with Crippen molar-refractivity contribution in [2.45, 2.75) is 13.3 Å². The molecule has 0 bridgehead atoms. The molecule has 4 heteroatoms. The zero-order chi connectivity index (χ0) is 17.7. The van der Waals surface area contributed by atoms with Crippen molar-refractivity contribution in [1.29, 1.82) is 0 Å². The second kappa shape index (κ2) is 5.56. The first kappa shape index (κ1) is 14.9. The van der Waals surface area contributed by atoms with Gasteiger partial charge in [-0.1, -0.05) is 31.2 Å². The summed E-state index contributed by atoms with van der Waals surface area (Å²) in [6.45, 7) is 2.10. The van der Waals surface area contributed by atoms with E-state index in [9.17, 15) is 4.79 Å². The Morgan fingerprint density at radius 1 is 0.962 bits per heavy atom. The highest BCUT2D eigenvalue weighted by Crippen LogP contribution is 2.32.